The fourth-order valence-electron chi connectivity index (χ4n) is 3.06. The number of hydrogen-bond donors (Lipinski definition) is 1. The number of nitrogens with one attached hydrogen (secondary N) is 1. The van der Waals surface area contributed by atoms with Crippen LogP contribution in [-0.2, 0) is 9.53 Å². The van der Waals surface area contributed by atoms with Crippen LogP contribution >= 0.6 is 0 Å². The number of benzene rings is 2. The third kappa shape index (κ3) is 5.23. The Morgan fingerprint density at radius 1 is 1.00 bits per heavy atom. The summed E-state index contributed by atoms with van der Waals surface area (Å²) >= 11 is 0. The van der Waals surface area contributed by atoms with Crippen LogP contribution in [0.1, 0.15) is 32.1 Å². The number of rotatable bonds is 7. The molecule has 1 aliphatic rings. The molecule has 1 amide bonds. The summed E-state index contributed by atoms with van der Waals surface area (Å²) in [5.41, 5.74) is 0.717. The third-order valence-electron chi connectivity index (χ3n) is 4.44. The highest BCUT2D eigenvalue weighted by atomic mass is 16.5. The van der Waals surface area contributed by atoms with Gasteiger partial charge in [0.05, 0.1) is 13.2 Å². The van der Waals surface area contributed by atoms with Crippen molar-refractivity contribution in [3.8, 4) is 17.2 Å². The molecule has 1 N–H and O–H groups in total. The minimum absolute atomic E-state index is 0.101. The molecule has 1 aliphatic carbocycles. The number of hydrogen-bond acceptors (Lipinski definition) is 4. The molecule has 0 spiro atoms. The lowest BCUT2D eigenvalue weighted by molar-refractivity contribution is -0.123. The summed E-state index contributed by atoms with van der Waals surface area (Å²) in [6, 6.07) is 14.7. The van der Waals surface area contributed by atoms with E-state index in [2.05, 4.69) is 5.32 Å². The molecule has 0 unspecified atom stereocenters. The van der Waals surface area contributed by atoms with Crippen molar-refractivity contribution in [2.75, 3.05) is 19.0 Å². The van der Waals surface area contributed by atoms with Gasteiger partial charge < -0.3 is 19.5 Å². The number of carbonyl (C=O) groups is 1. The zero-order valence-corrected chi connectivity index (χ0v) is 15.1. The van der Waals surface area contributed by atoms with Crippen molar-refractivity contribution < 1.29 is 19.0 Å². The number of ether oxygens (including phenoxy) is 3. The maximum absolute atomic E-state index is 12.0. The van der Waals surface area contributed by atoms with Gasteiger partial charge in [-0.1, -0.05) is 31.4 Å². The number of carbonyl (C=O) groups excluding carboxylic acids is 1. The van der Waals surface area contributed by atoms with Gasteiger partial charge in [-0.3, -0.25) is 4.79 Å². The Morgan fingerprint density at radius 3 is 2.38 bits per heavy atom. The first-order valence-corrected chi connectivity index (χ1v) is 9.07. The van der Waals surface area contributed by atoms with E-state index in [0.717, 1.165) is 18.5 Å². The molecule has 26 heavy (non-hydrogen) atoms. The molecule has 0 saturated heterocycles. The van der Waals surface area contributed by atoms with Crippen molar-refractivity contribution in [3.63, 3.8) is 0 Å². The van der Waals surface area contributed by atoms with E-state index in [1.54, 1.807) is 7.11 Å². The summed E-state index contributed by atoms with van der Waals surface area (Å²) in [5, 5.41) is 2.85. The third-order valence-corrected chi connectivity index (χ3v) is 4.44. The lowest BCUT2D eigenvalue weighted by atomic mass is 9.98. The first-order chi connectivity index (χ1) is 12.7. The van der Waals surface area contributed by atoms with E-state index in [0.29, 0.717) is 17.2 Å². The van der Waals surface area contributed by atoms with Crippen LogP contribution in [0, 0.1) is 0 Å². The van der Waals surface area contributed by atoms with E-state index in [9.17, 15) is 4.79 Å². The monoisotopic (exact) mass is 355 g/mol. The standard InChI is InChI=1S/C21H25NO4/c1-24-19-9-5-6-10-20(19)26-18-13-11-16(12-14-18)22-21(23)15-25-17-7-3-2-4-8-17/h5-6,9-14,17H,2-4,7-8,15H2,1H3,(H,22,23). The topological polar surface area (TPSA) is 56.8 Å². The molecule has 0 bridgehead atoms. The maximum Gasteiger partial charge on any atom is 0.250 e. The zero-order chi connectivity index (χ0) is 18.2. The van der Waals surface area contributed by atoms with Gasteiger partial charge in [0.25, 0.3) is 0 Å². The number of methoxy groups -OCH3 is 1. The largest absolute Gasteiger partial charge is 0.493 e. The molecule has 5 nitrogen and oxygen atoms in total. The van der Waals surface area contributed by atoms with Crippen molar-refractivity contribution in [1.82, 2.24) is 0 Å². The van der Waals surface area contributed by atoms with Gasteiger partial charge >= 0.3 is 0 Å². The SMILES string of the molecule is COc1ccccc1Oc1ccc(NC(=O)COC2CCCCC2)cc1. The van der Waals surface area contributed by atoms with Gasteiger partial charge in [-0.25, -0.2) is 0 Å². The normalized spacial score (nSPS) is 14.7. The van der Waals surface area contributed by atoms with E-state index in [-0.39, 0.29) is 18.6 Å². The Hall–Kier alpha value is -2.53. The van der Waals surface area contributed by atoms with Crippen LogP contribution in [0.5, 0.6) is 17.2 Å². The van der Waals surface area contributed by atoms with Gasteiger partial charge in [-0.05, 0) is 49.2 Å². The quantitative estimate of drug-likeness (QED) is 0.777. The number of para-hydroxylation sites is 2. The summed E-state index contributed by atoms with van der Waals surface area (Å²) in [6.45, 7) is 0.101. The van der Waals surface area contributed by atoms with Gasteiger partial charge in [0, 0.05) is 5.69 Å². The van der Waals surface area contributed by atoms with Gasteiger partial charge in [-0.15, -0.1) is 0 Å². The van der Waals surface area contributed by atoms with Crippen molar-refractivity contribution in [2.45, 2.75) is 38.2 Å². The fraction of sp³-hybridized carbons (Fsp3) is 0.381. The van der Waals surface area contributed by atoms with Crippen molar-refractivity contribution in [3.05, 3.63) is 48.5 Å². The minimum atomic E-state index is -0.131. The molecule has 1 saturated carbocycles. The summed E-state index contributed by atoms with van der Waals surface area (Å²) < 4.78 is 16.8. The molecule has 2 aromatic carbocycles. The van der Waals surface area contributed by atoms with Gasteiger partial charge in [0.15, 0.2) is 11.5 Å². The Morgan fingerprint density at radius 2 is 1.69 bits per heavy atom. The first kappa shape index (κ1) is 18.3. The highest BCUT2D eigenvalue weighted by Gasteiger charge is 2.15. The smallest absolute Gasteiger partial charge is 0.250 e. The van der Waals surface area contributed by atoms with E-state index < -0.39 is 0 Å². The highest BCUT2D eigenvalue weighted by Crippen LogP contribution is 2.31. The van der Waals surface area contributed by atoms with Crippen LogP contribution in [0.25, 0.3) is 0 Å². The van der Waals surface area contributed by atoms with E-state index in [1.165, 1.54) is 19.3 Å². The summed E-state index contributed by atoms with van der Waals surface area (Å²) in [7, 11) is 1.61. The molecule has 5 heteroatoms. The summed E-state index contributed by atoms with van der Waals surface area (Å²) in [6.07, 6.45) is 6.01. The Bertz CT molecular complexity index is 708. The van der Waals surface area contributed by atoms with E-state index in [4.69, 9.17) is 14.2 Å². The molecule has 0 aromatic heterocycles. The Balaban J connectivity index is 1.50. The predicted molar refractivity (Wildman–Crippen MR) is 101 cm³/mol. The lowest BCUT2D eigenvalue weighted by Crippen LogP contribution is -2.24. The van der Waals surface area contributed by atoms with Gasteiger partial charge in [0.2, 0.25) is 5.91 Å². The highest BCUT2D eigenvalue weighted by molar-refractivity contribution is 5.91. The predicted octanol–water partition coefficient (Wildman–Crippen LogP) is 4.78. The maximum atomic E-state index is 12.0. The van der Waals surface area contributed by atoms with E-state index >= 15 is 0 Å². The minimum Gasteiger partial charge on any atom is -0.493 e. The van der Waals surface area contributed by atoms with E-state index in [1.807, 2.05) is 48.5 Å². The molecule has 1 fully saturated rings. The number of amides is 1. The van der Waals surface area contributed by atoms with Crippen LogP contribution in [0.15, 0.2) is 48.5 Å². The summed E-state index contributed by atoms with van der Waals surface area (Å²) in [5.74, 6) is 1.86. The molecular weight excluding hydrogens is 330 g/mol. The first-order valence-electron chi connectivity index (χ1n) is 9.07. The fourth-order valence-corrected chi connectivity index (χ4v) is 3.06. The number of anilines is 1. The van der Waals surface area contributed by atoms with Crippen LogP contribution in [0.2, 0.25) is 0 Å². The summed E-state index contributed by atoms with van der Waals surface area (Å²) in [4.78, 5) is 12.0. The van der Waals surface area contributed by atoms with Crippen molar-refractivity contribution in [2.24, 2.45) is 0 Å². The second-order valence-corrected chi connectivity index (χ2v) is 6.40. The molecule has 0 atom stereocenters. The molecular formula is C21H25NO4. The Labute approximate surface area is 154 Å². The van der Waals surface area contributed by atoms with Crippen LogP contribution in [0.3, 0.4) is 0 Å². The van der Waals surface area contributed by atoms with Crippen molar-refractivity contribution in [1.29, 1.82) is 0 Å². The molecule has 138 valence electrons. The average molecular weight is 355 g/mol. The van der Waals surface area contributed by atoms with Gasteiger partial charge in [0.1, 0.15) is 12.4 Å². The van der Waals surface area contributed by atoms with Crippen LogP contribution < -0.4 is 14.8 Å². The molecule has 3 rings (SSSR count). The van der Waals surface area contributed by atoms with Gasteiger partial charge in [-0.2, -0.15) is 0 Å². The van der Waals surface area contributed by atoms with Crippen LogP contribution in [0.4, 0.5) is 5.69 Å². The second kappa shape index (κ2) is 9.25. The molecule has 0 heterocycles. The molecule has 0 aliphatic heterocycles. The average Bonchev–Trinajstić information content (AvgIpc) is 2.69. The van der Waals surface area contributed by atoms with Crippen molar-refractivity contribution >= 4 is 11.6 Å². The lowest BCUT2D eigenvalue weighted by Gasteiger charge is -2.21. The van der Waals surface area contributed by atoms with Crippen LogP contribution in [-0.4, -0.2) is 25.7 Å². The Kier molecular flexibility index (Phi) is 6.50. The zero-order valence-electron chi connectivity index (χ0n) is 15.1. The second-order valence-electron chi connectivity index (χ2n) is 6.40. The molecule has 0 radical (unpaired) electrons. The molecule has 2 aromatic rings.